The van der Waals surface area contributed by atoms with Crippen molar-refractivity contribution in [3.63, 3.8) is 0 Å². The number of halogens is 3. The van der Waals surface area contributed by atoms with Crippen LogP contribution in [0.25, 0.3) is 5.65 Å². The van der Waals surface area contributed by atoms with Crippen molar-refractivity contribution in [2.45, 2.75) is 12.6 Å². The summed E-state index contributed by atoms with van der Waals surface area (Å²) < 4.78 is 39.1. The summed E-state index contributed by atoms with van der Waals surface area (Å²) in [7, 11) is 0. The molecule has 0 N–H and O–H groups in total. The molecule has 0 amide bonds. The molecule has 0 unspecified atom stereocenters. The molecule has 0 aliphatic rings. The van der Waals surface area contributed by atoms with Crippen molar-refractivity contribution in [3.8, 4) is 6.07 Å². The van der Waals surface area contributed by atoms with Crippen molar-refractivity contribution < 1.29 is 13.2 Å². The number of imidazole rings is 1. The van der Waals surface area contributed by atoms with Gasteiger partial charge < -0.3 is 4.40 Å². The summed E-state index contributed by atoms with van der Waals surface area (Å²) in [5.41, 5.74) is -0.626. The van der Waals surface area contributed by atoms with Gasteiger partial charge in [-0.25, -0.2) is 4.98 Å². The molecular weight excluding hydrogens is 219 g/mol. The lowest BCUT2D eigenvalue weighted by atomic mass is 10.2. The molecule has 0 radical (unpaired) electrons. The van der Waals surface area contributed by atoms with Gasteiger partial charge in [-0.05, 0) is 12.1 Å². The second kappa shape index (κ2) is 3.52. The third-order valence-corrected chi connectivity index (χ3v) is 2.10. The Morgan fingerprint density at radius 2 is 2.19 bits per heavy atom. The molecule has 0 aromatic carbocycles. The summed E-state index contributed by atoms with van der Waals surface area (Å²) >= 11 is 0. The minimum atomic E-state index is -4.43. The van der Waals surface area contributed by atoms with Crippen molar-refractivity contribution in [1.82, 2.24) is 9.38 Å². The number of nitrogens with zero attached hydrogens (tertiary/aromatic N) is 3. The molecular formula is C10H6F3N3. The first-order valence-corrected chi connectivity index (χ1v) is 4.43. The van der Waals surface area contributed by atoms with Crippen molar-refractivity contribution in [3.05, 3.63) is 35.8 Å². The van der Waals surface area contributed by atoms with E-state index in [0.29, 0.717) is 5.69 Å². The van der Waals surface area contributed by atoms with Crippen LogP contribution in [0.4, 0.5) is 13.2 Å². The first-order chi connectivity index (χ1) is 7.52. The molecule has 0 spiro atoms. The highest BCUT2D eigenvalue weighted by Crippen LogP contribution is 2.31. The molecule has 82 valence electrons. The topological polar surface area (TPSA) is 41.1 Å². The van der Waals surface area contributed by atoms with Gasteiger partial charge in [0.05, 0.1) is 23.7 Å². The Hall–Kier alpha value is -2.03. The van der Waals surface area contributed by atoms with E-state index in [-0.39, 0.29) is 12.1 Å². The van der Waals surface area contributed by atoms with E-state index in [1.807, 2.05) is 6.07 Å². The van der Waals surface area contributed by atoms with Crippen LogP contribution in [0, 0.1) is 11.3 Å². The van der Waals surface area contributed by atoms with Gasteiger partial charge in [-0.15, -0.1) is 0 Å². The Morgan fingerprint density at radius 1 is 1.44 bits per heavy atom. The zero-order valence-corrected chi connectivity index (χ0v) is 7.99. The number of pyridine rings is 1. The van der Waals surface area contributed by atoms with Crippen molar-refractivity contribution >= 4 is 5.65 Å². The van der Waals surface area contributed by atoms with E-state index in [0.717, 1.165) is 6.07 Å². The van der Waals surface area contributed by atoms with Crippen LogP contribution < -0.4 is 0 Å². The van der Waals surface area contributed by atoms with Crippen LogP contribution in [0.5, 0.6) is 0 Å². The fourth-order valence-electron chi connectivity index (χ4n) is 1.45. The molecule has 16 heavy (non-hydrogen) atoms. The van der Waals surface area contributed by atoms with Crippen LogP contribution in [0.3, 0.4) is 0 Å². The Bertz CT molecular complexity index is 563. The van der Waals surface area contributed by atoms with Crippen LogP contribution in [0.15, 0.2) is 24.5 Å². The van der Waals surface area contributed by atoms with Gasteiger partial charge in [-0.1, -0.05) is 0 Å². The predicted octanol–water partition coefficient (Wildman–Crippen LogP) is 2.42. The summed E-state index contributed by atoms with van der Waals surface area (Å²) in [6.07, 6.45) is -1.54. The van der Waals surface area contributed by atoms with Gasteiger partial charge in [0.2, 0.25) is 0 Å². The summed E-state index contributed by atoms with van der Waals surface area (Å²) in [5, 5.41) is 8.45. The highest BCUT2D eigenvalue weighted by Gasteiger charge is 2.33. The lowest BCUT2D eigenvalue weighted by Crippen LogP contribution is -2.07. The number of fused-ring (bicyclic) bond motifs is 1. The van der Waals surface area contributed by atoms with Gasteiger partial charge in [0.1, 0.15) is 5.65 Å². The molecule has 0 atom stereocenters. The van der Waals surface area contributed by atoms with Crippen molar-refractivity contribution in [1.29, 1.82) is 5.26 Å². The second-order valence-corrected chi connectivity index (χ2v) is 3.22. The minimum absolute atomic E-state index is 0.00101. The third-order valence-electron chi connectivity index (χ3n) is 2.10. The Balaban J connectivity index is 2.64. The molecule has 2 aromatic rings. The van der Waals surface area contributed by atoms with E-state index in [1.165, 1.54) is 22.9 Å². The van der Waals surface area contributed by atoms with Crippen LogP contribution in [0.2, 0.25) is 0 Å². The van der Waals surface area contributed by atoms with Gasteiger partial charge >= 0.3 is 6.18 Å². The molecule has 2 heterocycles. The number of alkyl halides is 3. The Morgan fingerprint density at radius 3 is 2.81 bits per heavy atom. The van der Waals surface area contributed by atoms with Gasteiger partial charge in [-0.3, -0.25) is 0 Å². The Labute approximate surface area is 88.8 Å². The standard InChI is InChI=1S/C10H6F3N3/c11-10(12,13)8-2-1-5-16-6-7(3-4-14)15-9(8)16/h1-2,5-6H,3H2. The zero-order valence-electron chi connectivity index (χ0n) is 7.99. The normalized spacial score (nSPS) is 11.6. The lowest BCUT2D eigenvalue weighted by molar-refractivity contribution is -0.136. The largest absolute Gasteiger partial charge is 0.419 e. The molecule has 2 rings (SSSR count). The highest BCUT2D eigenvalue weighted by molar-refractivity contribution is 5.50. The zero-order chi connectivity index (χ0) is 11.8. The highest BCUT2D eigenvalue weighted by atomic mass is 19.4. The maximum absolute atomic E-state index is 12.6. The average molecular weight is 225 g/mol. The van der Waals surface area contributed by atoms with Gasteiger partial charge in [0, 0.05) is 12.4 Å². The van der Waals surface area contributed by atoms with Crippen LogP contribution in [0.1, 0.15) is 11.3 Å². The van der Waals surface area contributed by atoms with Gasteiger partial charge in [-0.2, -0.15) is 18.4 Å². The van der Waals surface area contributed by atoms with Crippen LogP contribution in [-0.4, -0.2) is 9.38 Å². The van der Waals surface area contributed by atoms with Crippen molar-refractivity contribution in [2.75, 3.05) is 0 Å². The molecule has 0 aliphatic carbocycles. The first-order valence-electron chi connectivity index (χ1n) is 4.43. The maximum atomic E-state index is 12.6. The van der Waals surface area contributed by atoms with Gasteiger partial charge in [0.25, 0.3) is 0 Å². The number of nitriles is 1. The average Bonchev–Trinajstić information content (AvgIpc) is 2.58. The Kier molecular flexibility index (Phi) is 2.31. The molecule has 3 nitrogen and oxygen atoms in total. The van der Waals surface area contributed by atoms with Gasteiger partial charge in [0.15, 0.2) is 0 Å². The summed E-state index contributed by atoms with van der Waals surface area (Å²) in [5.74, 6) is 0. The molecule has 0 aliphatic heterocycles. The van der Waals surface area contributed by atoms with E-state index in [4.69, 9.17) is 5.26 Å². The molecule has 2 aromatic heterocycles. The smallest absolute Gasteiger partial charge is 0.306 e. The molecule has 6 heteroatoms. The summed E-state index contributed by atoms with van der Waals surface area (Å²) in [4.78, 5) is 3.79. The number of rotatable bonds is 1. The fourth-order valence-corrected chi connectivity index (χ4v) is 1.45. The summed E-state index contributed by atoms with van der Waals surface area (Å²) in [6.45, 7) is 0. The molecule has 0 fully saturated rings. The lowest BCUT2D eigenvalue weighted by Gasteiger charge is -2.06. The number of aromatic nitrogens is 2. The fraction of sp³-hybridized carbons (Fsp3) is 0.200. The molecule has 0 saturated carbocycles. The third kappa shape index (κ3) is 1.72. The summed E-state index contributed by atoms with van der Waals surface area (Å²) in [6, 6.07) is 4.12. The SMILES string of the molecule is N#CCc1cn2cccc(C(F)(F)F)c2n1. The monoisotopic (exact) mass is 225 g/mol. The second-order valence-electron chi connectivity index (χ2n) is 3.22. The van der Waals surface area contributed by atoms with Crippen molar-refractivity contribution in [2.24, 2.45) is 0 Å². The van der Waals surface area contributed by atoms with E-state index in [2.05, 4.69) is 4.98 Å². The molecule has 0 saturated heterocycles. The van der Waals surface area contributed by atoms with E-state index in [9.17, 15) is 13.2 Å². The van der Waals surface area contributed by atoms with E-state index >= 15 is 0 Å². The quantitative estimate of drug-likeness (QED) is 0.747. The molecule has 0 bridgehead atoms. The number of hydrogen-bond acceptors (Lipinski definition) is 2. The predicted molar refractivity (Wildman–Crippen MR) is 49.5 cm³/mol. The van der Waals surface area contributed by atoms with E-state index < -0.39 is 11.7 Å². The van der Waals surface area contributed by atoms with Crippen LogP contribution in [-0.2, 0) is 12.6 Å². The van der Waals surface area contributed by atoms with E-state index in [1.54, 1.807) is 0 Å². The van der Waals surface area contributed by atoms with Crippen LogP contribution >= 0.6 is 0 Å². The number of hydrogen-bond donors (Lipinski definition) is 0. The maximum Gasteiger partial charge on any atom is 0.419 e. The minimum Gasteiger partial charge on any atom is -0.306 e. The first kappa shape index (κ1) is 10.5.